The van der Waals surface area contributed by atoms with E-state index in [1.54, 1.807) is 31.2 Å². The Kier molecular flexibility index (Phi) is 3.63. The minimum absolute atomic E-state index is 0.00549. The molecule has 2 N–H and O–H groups in total. The molecule has 0 saturated carbocycles. The zero-order valence-electron chi connectivity index (χ0n) is 11.7. The van der Waals surface area contributed by atoms with Crippen molar-refractivity contribution in [3.63, 3.8) is 0 Å². The van der Waals surface area contributed by atoms with Crippen LogP contribution in [0.4, 0.5) is 5.95 Å². The Hall–Kier alpha value is -3.43. The summed E-state index contributed by atoms with van der Waals surface area (Å²) in [7, 11) is 0. The molecule has 3 heterocycles. The van der Waals surface area contributed by atoms with Crippen LogP contribution in [-0.2, 0) is 0 Å². The van der Waals surface area contributed by atoms with Gasteiger partial charge in [-0.05, 0) is 19.1 Å². The van der Waals surface area contributed by atoms with Gasteiger partial charge < -0.3 is 9.40 Å². The van der Waals surface area contributed by atoms with Crippen LogP contribution in [0.15, 0.2) is 22.8 Å². The summed E-state index contributed by atoms with van der Waals surface area (Å²) < 4.78 is 5.26. The lowest BCUT2D eigenvalue weighted by Gasteiger charge is -1.98. The van der Waals surface area contributed by atoms with Gasteiger partial charge in [-0.1, -0.05) is 0 Å². The number of hydrogen-bond donors (Lipinski definition) is 2. The molecule has 23 heavy (non-hydrogen) atoms. The molecule has 0 atom stereocenters. The molecule has 0 fully saturated rings. The fourth-order valence-electron chi connectivity index (χ4n) is 1.87. The van der Waals surface area contributed by atoms with Crippen LogP contribution >= 0.6 is 11.3 Å². The van der Waals surface area contributed by atoms with Gasteiger partial charge in [-0.3, -0.25) is 10.1 Å². The van der Waals surface area contributed by atoms with E-state index in [-0.39, 0.29) is 23.0 Å². The molecule has 112 valence electrons. The smallest absolute Gasteiger partial charge is 0.277 e. The Labute approximate surface area is 134 Å². The number of rotatable bonds is 3. The number of carbonyl (C=O) groups excluding carboxylic acids is 1. The average molecular weight is 324 g/mol. The van der Waals surface area contributed by atoms with Crippen molar-refractivity contribution in [2.24, 2.45) is 0 Å². The van der Waals surface area contributed by atoms with E-state index in [9.17, 15) is 4.79 Å². The fraction of sp³-hybridized carbons (Fsp3) is 0.0714. The highest BCUT2D eigenvalue weighted by Gasteiger charge is 2.19. The Morgan fingerprint density at radius 2 is 2.22 bits per heavy atom. The van der Waals surface area contributed by atoms with Gasteiger partial charge >= 0.3 is 0 Å². The third-order valence-corrected chi connectivity index (χ3v) is 3.88. The van der Waals surface area contributed by atoms with Gasteiger partial charge in [0, 0.05) is 4.88 Å². The van der Waals surface area contributed by atoms with Crippen LogP contribution < -0.4 is 5.32 Å². The van der Waals surface area contributed by atoms with Crippen molar-refractivity contribution >= 4 is 23.2 Å². The van der Waals surface area contributed by atoms with Crippen molar-refractivity contribution < 1.29 is 9.21 Å². The zero-order chi connectivity index (χ0) is 16.4. The number of nitriles is 2. The first kappa shape index (κ1) is 14.5. The number of thiazole rings is 1. The third kappa shape index (κ3) is 2.69. The number of aryl methyl sites for hydroxylation is 1. The molecule has 3 rings (SSSR count). The number of nitrogens with zero attached hydrogens (tertiary/aromatic N) is 4. The van der Waals surface area contributed by atoms with E-state index in [2.05, 4.69) is 20.3 Å². The summed E-state index contributed by atoms with van der Waals surface area (Å²) in [5.41, 5.74) is 0.151. The summed E-state index contributed by atoms with van der Waals surface area (Å²) in [5.74, 6) is 0.114. The number of imidazole rings is 1. The maximum Gasteiger partial charge on any atom is 0.277 e. The molecule has 0 bridgehead atoms. The first-order valence-corrected chi connectivity index (χ1v) is 7.17. The zero-order valence-corrected chi connectivity index (χ0v) is 12.6. The topological polar surface area (TPSA) is 131 Å². The number of hydrogen-bond acceptors (Lipinski definition) is 7. The highest BCUT2D eigenvalue weighted by atomic mass is 32.1. The van der Waals surface area contributed by atoms with Gasteiger partial charge in [0.1, 0.15) is 17.8 Å². The van der Waals surface area contributed by atoms with Crippen LogP contribution in [0.2, 0.25) is 0 Å². The number of furan rings is 1. The molecule has 0 spiro atoms. The number of amides is 1. The van der Waals surface area contributed by atoms with Crippen molar-refractivity contribution in [2.45, 2.75) is 6.92 Å². The van der Waals surface area contributed by atoms with E-state index in [0.717, 1.165) is 0 Å². The number of anilines is 1. The second-order valence-electron chi connectivity index (χ2n) is 4.39. The molecule has 0 saturated heterocycles. The lowest BCUT2D eigenvalue weighted by Crippen LogP contribution is -2.14. The monoisotopic (exact) mass is 324 g/mol. The van der Waals surface area contributed by atoms with Crippen LogP contribution in [0, 0.1) is 29.6 Å². The number of aromatic nitrogens is 3. The van der Waals surface area contributed by atoms with E-state index in [4.69, 9.17) is 14.9 Å². The van der Waals surface area contributed by atoms with Crippen molar-refractivity contribution in [2.75, 3.05) is 5.32 Å². The first-order valence-electron chi connectivity index (χ1n) is 6.35. The van der Waals surface area contributed by atoms with Crippen molar-refractivity contribution in [3.8, 4) is 22.9 Å². The predicted octanol–water partition coefficient (Wildman–Crippen LogP) is 2.43. The Balaban J connectivity index is 1.86. The first-order chi connectivity index (χ1) is 11.1. The van der Waals surface area contributed by atoms with Crippen molar-refractivity contribution in [3.05, 3.63) is 40.4 Å². The second kappa shape index (κ2) is 5.75. The molecule has 1 amide bonds. The maximum absolute atomic E-state index is 12.3. The quantitative estimate of drug-likeness (QED) is 0.760. The fourth-order valence-corrected chi connectivity index (χ4v) is 2.75. The van der Waals surface area contributed by atoms with E-state index in [0.29, 0.717) is 15.6 Å². The van der Waals surface area contributed by atoms with Crippen molar-refractivity contribution in [1.82, 2.24) is 15.0 Å². The molecule has 0 aromatic carbocycles. The molecule has 3 aromatic rings. The average Bonchev–Trinajstić information content (AvgIpc) is 3.25. The number of H-pyrrole nitrogens is 1. The van der Waals surface area contributed by atoms with Gasteiger partial charge in [0.2, 0.25) is 5.95 Å². The van der Waals surface area contributed by atoms with Crippen LogP contribution in [0.1, 0.15) is 26.8 Å². The minimum Gasteiger partial charge on any atom is -0.462 e. The van der Waals surface area contributed by atoms with Crippen LogP contribution in [0.3, 0.4) is 0 Å². The Bertz CT molecular complexity index is 923. The molecular weight excluding hydrogens is 316 g/mol. The molecule has 0 aliphatic heterocycles. The number of nitrogens with one attached hydrogen (secondary N) is 2. The van der Waals surface area contributed by atoms with Crippen molar-refractivity contribution in [1.29, 1.82) is 10.5 Å². The highest BCUT2D eigenvalue weighted by molar-refractivity contribution is 7.15. The normalized spacial score (nSPS) is 10.0. The lowest BCUT2D eigenvalue weighted by atomic mass is 10.3. The molecule has 9 heteroatoms. The van der Waals surface area contributed by atoms with E-state index >= 15 is 0 Å². The highest BCUT2D eigenvalue weighted by Crippen LogP contribution is 2.28. The minimum atomic E-state index is -0.487. The summed E-state index contributed by atoms with van der Waals surface area (Å²) in [4.78, 5) is 23.7. The second-order valence-corrected chi connectivity index (χ2v) is 5.59. The predicted molar refractivity (Wildman–Crippen MR) is 80.5 cm³/mol. The Morgan fingerprint density at radius 3 is 2.83 bits per heavy atom. The summed E-state index contributed by atoms with van der Waals surface area (Å²) in [6, 6.07) is 7.06. The van der Waals surface area contributed by atoms with Gasteiger partial charge in [0.05, 0.1) is 6.26 Å². The standard InChI is InChI=1S/C14H8N6O2S/c1-7-11(19-13(23-7)10-3-2-4-22-10)12(21)20-14-17-8(5-15)9(6-16)18-14/h2-4H,1H3,(H2,17,18,20,21). The maximum atomic E-state index is 12.3. The van der Waals surface area contributed by atoms with Gasteiger partial charge in [0.25, 0.3) is 5.91 Å². The third-order valence-electron chi connectivity index (χ3n) is 2.90. The van der Waals surface area contributed by atoms with E-state index in [1.165, 1.54) is 17.6 Å². The number of aromatic amines is 1. The molecule has 0 aliphatic carbocycles. The summed E-state index contributed by atoms with van der Waals surface area (Å²) in [6.45, 7) is 1.77. The summed E-state index contributed by atoms with van der Waals surface area (Å²) >= 11 is 1.33. The SMILES string of the molecule is Cc1sc(-c2ccco2)nc1C(=O)Nc1nc(C#N)c(C#N)[nH]1. The van der Waals surface area contributed by atoms with Crippen LogP contribution in [0.25, 0.3) is 10.8 Å². The largest absolute Gasteiger partial charge is 0.462 e. The molecule has 3 aromatic heterocycles. The Morgan fingerprint density at radius 1 is 1.39 bits per heavy atom. The molecule has 0 aliphatic rings. The summed E-state index contributed by atoms with van der Waals surface area (Å²) in [6.07, 6.45) is 1.53. The van der Waals surface area contributed by atoms with E-state index in [1.807, 2.05) is 0 Å². The van der Waals surface area contributed by atoms with Gasteiger partial charge in [-0.15, -0.1) is 11.3 Å². The van der Waals surface area contributed by atoms with Gasteiger partial charge in [-0.2, -0.15) is 10.5 Å². The molecule has 0 radical (unpaired) electrons. The van der Waals surface area contributed by atoms with Crippen LogP contribution in [0.5, 0.6) is 0 Å². The summed E-state index contributed by atoms with van der Waals surface area (Å²) in [5, 5.41) is 20.8. The number of carbonyl (C=O) groups is 1. The van der Waals surface area contributed by atoms with Gasteiger partial charge in [0.15, 0.2) is 22.2 Å². The van der Waals surface area contributed by atoms with Crippen LogP contribution in [-0.4, -0.2) is 20.9 Å². The van der Waals surface area contributed by atoms with E-state index < -0.39 is 5.91 Å². The molecular formula is C14H8N6O2S. The molecule has 8 nitrogen and oxygen atoms in total. The van der Waals surface area contributed by atoms with Gasteiger partial charge in [-0.25, -0.2) is 9.97 Å². The molecule has 0 unspecified atom stereocenters. The lowest BCUT2D eigenvalue weighted by molar-refractivity contribution is 0.102.